The summed E-state index contributed by atoms with van der Waals surface area (Å²) in [7, 11) is 0. The molecular weight excluding hydrogens is 230 g/mol. The molecule has 0 rings (SSSR count). The highest BCUT2D eigenvalue weighted by atomic mass is 14.7. The van der Waals surface area contributed by atoms with Gasteiger partial charge in [0.15, 0.2) is 0 Å². The highest BCUT2D eigenvalue weighted by molar-refractivity contribution is 4.84. The van der Waals surface area contributed by atoms with Crippen molar-refractivity contribution in [2.24, 2.45) is 47.2 Å². The number of hydrogen-bond donors (Lipinski definition) is 1. The third kappa shape index (κ3) is 5.10. The van der Waals surface area contributed by atoms with Crippen molar-refractivity contribution in [2.75, 3.05) is 0 Å². The van der Waals surface area contributed by atoms with Gasteiger partial charge in [0.25, 0.3) is 0 Å². The molecule has 0 saturated heterocycles. The summed E-state index contributed by atoms with van der Waals surface area (Å²) in [4.78, 5) is 0. The zero-order valence-corrected chi connectivity index (χ0v) is 14.9. The van der Waals surface area contributed by atoms with E-state index >= 15 is 0 Å². The van der Waals surface area contributed by atoms with Crippen molar-refractivity contribution in [3.63, 3.8) is 0 Å². The standard InChI is InChI=1S/C18H39N/c1-10-12(4)14(6)15(7)17(9)18(19)16(8)13(5)11(2)3/h11-18H,10,19H2,1-9H3. The Labute approximate surface area is 122 Å². The molecule has 116 valence electrons. The Balaban J connectivity index is 4.67. The van der Waals surface area contributed by atoms with Crippen LogP contribution in [0.15, 0.2) is 0 Å². The average Bonchev–Trinajstić information content (AvgIpc) is 2.40. The predicted molar refractivity (Wildman–Crippen MR) is 88.1 cm³/mol. The largest absolute Gasteiger partial charge is 0.327 e. The van der Waals surface area contributed by atoms with Gasteiger partial charge in [0.1, 0.15) is 0 Å². The van der Waals surface area contributed by atoms with E-state index in [2.05, 4.69) is 62.3 Å². The van der Waals surface area contributed by atoms with E-state index in [0.29, 0.717) is 29.7 Å². The van der Waals surface area contributed by atoms with Crippen molar-refractivity contribution < 1.29 is 0 Å². The molecule has 0 aliphatic carbocycles. The molecule has 0 heterocycles. The minimum absolute atomic E-state index is 0.318. The lowest BCUT2D eigenvalue weighted by Gasteiger charge is -2.38. The van der Waals surface area contributed by atoms with Gasteiger partial charge in [-0.3, -0.25) is 0 Å². The predicted octanol–water partition coefficient (Wildman–Crippen LogP) is 5.20. The smallest absolute Gasteiger partial charge is 0.00956 e. The first kappa shape index (κ1) is 19.0. The Hall–Kier alpha value is -0.0400. The highest BCUT2D eigenvalue weighted by Gasteiger charge is 2.31. The summed E-state index contributed by atoms with van der Waals surface area (Å²) in [5, 5.41) is 0. The normalized spacial score (nSPS) is 23.5. The summed E-state index contributed by atoms with van der Waals surface area (Å²) in [6.07, 6.45) is 1.27. The van der Waals surface area contributed by atoms with E-state index in [9.17, 15) is 0 Å². The second kappa shape index (κ2) is 8.29. The van der Waals surface area contributed by atoms with Gasteiger partial charge in [0, 0.05) is 6.04 Å². The minimum Gasteiger partial charge on any atom is -0.327 e. The lowest BCUT2D eigenvalue weighted by Crippen LogP contribution is -2.43. The minimum atomic E-state index is 0.318. The second-order valence-electron chi connectivity index (χ2n) is 7.50. The van der Waals surface area contributed by atoms with Crippen LogP contribution < -0.4 is 5.73 Å². The fourth-order valence-corrected chi connectivity index (χ4v) is 3.16. The Morgan fingerprint density at radius 3 is 1.42 bits per heavy atom. The lowest BCUT2D eigenvalue weighted by molar-refractivity contribution is 0.138. The van der Waals surface area contributed by atoms with Crippen LogP contribution in [0.2, 0.25) is 0 Å². The monoisotopic (exact) mass is 269 g/mol. The van der Waals surface area contributed by atoms with Crippen LogP contribution in [0.3, 0.4) is 0 Å². The molecule has 0 aromatic rings. The molecule has 1 heteroatoms. The van der Waals surface area contributed by atoms with Crippen molar-refractivity contribution in [1.29, 1.82) is 0 Å². The molecule has 0 aliphatic heterocycles. The van der Waals surface area contributed by atoms with E-state index in [-0.39, 0.29) is 0 Å². The van der Waals surface area contributed by atoms with Gasteiger partial charge in [-0.2, -0.15) is 0 Å². The first-order chi connectivity index (χ1) is 8.64. The van der Waals surface area contributed by atoms with E-state index in [1.165, 1.54) is 6.42 Å². The van der Waals surface area contributed by atoms with Crippen LogP contribution in [0, 0.1) is 41.4 Å². The molecule has 19 heavy (non-hydrogen) atoms. The molecule has 0 aliphatic rings. The van der Waals surface area contributed by atoms with E-state index in [4.69, 9.17) is 5.73 Å². The number of nitrogens with two attached hydrogens (primary N) is 1. The fraction of sp³-hybridized carbons (Fsp3) is 1.00. The van der Waals surface area contributed by atoms with Gasteiger partial charge in [0.2, 0.25) is 0 Å². The molecule has 0 spiro atoms. The maximum absolute atomic E-state index is 6.58. The Morgan fingerprint density at radius 2 is 1.05 bits per heavy atom. The highest BCUT2D eigenvalue weighted by Crippen LogP contribution is 2.34. The summed E-state index contributed by atoms with van der Waals surface area (Å²) in [6.45, 7) is 21.1. The van der Waals surface area contributed by atoms with Gasteiger partial charge in [0.05, 0.1) is 0 Å². The summed E-state index contributed by atoms with van der Waals surface area (Å²) in [5.74, 6) is 4.86. The molecule has 0 fully saturated rings. The summed E-state index contributed by atoms with van der Waals surface area (Å²) in [6, 6.07) is 0.318. The van der Waals surface area contributed by atoms with Crippen LogP contribution >= 0.6 is 0 Å². The van der Waals surface area contributed by atoms with E-state index in [0.717, 1.165) is 17.8 Å². The first-order valence-corrected chi connectivity index (χ1v) is 8.40. The van der Waals surface area contributed by atoms with Gasteiger partial charge in [-0.1, -0.05) is 68.7 Å². The quantitative estimate of drug-likeness (QED) is 0.644. The van der Waals surface area contributed by atoms with Crippen molar-refractivity contribution in [3.8, 4) is 0 Å². The Bertz CT molecular complexity index is 236. The van der Waals surface area contributed by atoms with Gasteiger partial charge in [-0.15, -0.1) is 0 Å². The van der Waals surface area contributed by atoms with Gasteiger partial charge < -0.3 is 5.73 Å². The maximum atomic E-state index is 6.58. The van der Waals surface area contributed by atoms with Crippen LogP contribution in [0.5, 0.6) is 0 Å². The van der Waals surface area contributed by atoms with Gasteiger partial charge in [-0.25, -0.2) is 0 Å². The van der Waals surface area contributed by atoms with Crippen molar-refractivity contribution >= 4 is 0 Å². The fourth-order valence-electron chi connectivity index (χ4n) is 3.16. The summed E-state index contributed by atoms with van der Waals surface area (Å²) < 4.78 is 0. The van der Waals surface area contributed by atoms with Gasteiger partial charge >= 0.3 is 0 Å². The van der Waals surface area contributed by atoms with Crippen LogP contribution in [-0.2, 0) is 0 Å². The van der Waals surface area contributed by atoms with E-state index in [1.54, 1.807) is 0 Å². The molecule has 7 atom stereocenters. The third-order valence-corrected chi connectivity index (χ3v) is 6.30. The van der Waals surface area contributed by atoms with Crippen LogP contribution in [0.1, 0.15) is 68.7 Å². The van der Waals surface area contributed by atoms with Crippen LogP contribution in [0.25, 0.3) is 0 Å². The number of rotatable bonds is 8. The van der Waals surface area contributed by atoms with Crippen molar-refractivity contribution in [2.45, 2.75) is 74.8 Å². The maximum Gasteiger partial charge on any atom is 0.00956 e. The molecule has 0 aromatic heterocycles. The average molecular weight is 270 g/mol. The van der Waals surface area contributed by atoms with Crippen molar-refractivity contribution in [3.05, 3.63) is 0 Å². The van der Waals surface area contributed by atoms with E-state index in [1.807, 2.05) is 0 Å². The number of hydrogen-bond acceptors (Lipinski definition) is 1. The zero-order chi connectivity index (χ0) is 15.3. The molecule has 1 nitrogen and oxygen atoms in total. The Kier molecular flexibility index (Phi) is 8.27. The van der Waals surface area contributed by atoms with Crippen molar-refractivity contribution in [1.82, 2.24) is 0 Å². The SMILES string of the molecule is CCC(C)C(C)C(C)C(C)C(N)C(C)C(C)C(C)C. The third-order valence-electron chi connectivity index (χ3n) is 6.30. The summed E-state index contributed by atoms with van der Waals surface area (Å²) in [5.41, 5.74) is 6.58. The zero-order valence-electron chi connectivity index (χ0n) is 14.9. The van der Waals surface area contributed by atoms with Gasteiger partial charge in [-0.05, 0) is 41.4 Å². The molecule has 0 amide bonds. The molecule has 0 saturated carbocycles. The van der Waals surface area contributed by atoms with Crippen LogP contribution in [0.4, 0.5) is 0 Å². The lowest BCUT2D eigenvalue weighted by atomic mass is 9.70. The topological polar surface area (TPSA) is 26.0 Å². The molecular formula is C18H39N. The Morgan fingerprint density at radius 1 is 0.632 bits per heavy atom. The molecule has 7 unspecified atom stereocenters. The molecule has 0 aromatic carbocycles. The molecule has 2 N–H and O–H groups in total. The van der Waals surface area contributed by atoms with E-state index < -0.39 is 0 Å². The second-order valence-corrected chi connectivity index (χ2v) is 7.50. The first-order valence-electron chi connectivity index (χ1n) is 8.40. The molecule has 0 radical (unpaired) electrons. The summed E-state index contributed by atoms with van der Waals surface area (Å²) >= 11 is 0. The molecule has 0 bridgehead atoms. The van der Waals surface area contributed by atoms with Crippen LogP contribution in [-0.4, -0.2) is 6.04 Å².